The van der Waals surface area contributed by atoms with Crippen LogP contribution in [0, 0.1) is 5.92 Å². The molecular weight excluding hydrogens is 510 g/mol. The van der Waals surface area contributed by atoms with Crippen molar-refractivity contribution in [3.05, 3.63) is 33.8 Å². The monoisotopic (exact) mass is 540 g/mol. The maximum atomic E-state index is 11.6. The third kappa shape index (κ3) is 8.33. The van der Waals surface area contributed by atoms with Gasteiger partial charge in [-0.2, -0.15) is 0 Å². The van der Waals surface area contributed by atoms with Crippen LogP contribution in [0.4, 0.5) is 0 Å². The molecule has 28 heavy (non-hydrogen) atoms. The molecule has 0 spiro atoms. The van der Waals surface area contributed by atoms with Crippen LogP contribution in [0.3, 0.4) is 0 Å². The Bertz CT molecular complexity index is 649. The lowest BCUT2D eigenvalue weighted by atomic mass is 9.93. The van der Waals surface area contributed by atoms with Gasteiger partial charge in [-0.25, -0.2) is 0 Å². The fourth-order valence-corrected chi connectivity index (χ4v) is 3.82. The molecule has 0 aromatic heterocycles. The molecule has 8 heteroatoms. The van der Waals surface area contributed by atoms with Crippen LogP contribution >= 0.6 is 47.2 Å². The SMILES string of the molecule is CCNC(=NCCCc1ccc(Cl)cc1Cl)N1CCC(CC(=O)NC)CC1.I. The molecule has 0 unspecified atom stereocenters. The summed E-state index contributed by atoms with van der Waals surface area (Å²) >= 11 is 12.2. The van der Waals surface area contributed by atoms with Crippen molar-refractivity contribution in [1.82, 2.24) is 15.5 Å². The second-order valence-electron chi connectivity index (χ2n) is 6.88. The summed E-state index contributed by atoms with van der Waals surface area (Å²) < 4.78 is 0. The molecule has 0 bridgehead atoms. The fourth-order valence-electron chi connectivity index (χ4n) is 3.32. The van der Waals surface area contributed by atoms with E-state index in [-0.39, 0.29) is 29.9 Å². The van der Waals surface area contributed by atoms with Gasteiger partial charge in [-0.1, -0.05) is 29.3 Å². The smallest absolute Gasteiger partial charge is 0.220 e. The zero-order valence-electron chi connectivity index (χ0n) is 16.6. The summed E-state index contributed by atoms with van der Waals surface area (Å²) in [6.07, 6.45) is 4.49. The molecule has 158 valence electrons. The standard InChI is InChI=1S/C20H30Cl2N4O.HI/c1-3-24-20(26-11-8-15(9-12-26)13-19(27)23-2)25-10-4-5-16-6-7-17(21)14-18(16)22;/h6-7,14-15H,3-5,8-13H2,1-2H3,(H,23,27)(H,24,25);1H. The van der Waals surface area contributed by atoms with E-state index in [2.05, 4.69) is 22.5 Å². The van der Waals surface area contributed by atoms with Crippen LogP contribution in [0.1, 0.15) is 38.2 Å². The van der Waals surface area contributed by atoms with Crippen LogP contribution in [-0.2, 0) is 11.2 Å². The minimum atomic E-state index is 0. The summed E-state index contributed by atoms with van der Waals surface area (Å²) in [5.74, 6) is 1.57. The molecule has 1 amide bonds. The molecule has 1 fully saturated rings. The average molecular weight is 541 g/mol. The Hall–Kier alpha value is -0.730. The molecule has 1 heterocycles. The number of halogens is 3. The zero-order chi connectivity index (χ0) is 19.6. The van der Waals surface area contributed by atoms with Crippen LogP contribution in [0.2, 0.25) is 10.0 Å². The number of piperidine rings is 1. The highest BCUT2D eigenvalue weighted by molar-refractivity contribution is 14.0. The van der Waals surface area contributed by atoms with Gasteiger partial charge in [0.05, 0.1) is 0 Å². The Morgan fingerprint density at radius 1 is 1.29 bits per heavy atom. The Balaban J connectivity index is 0.00000392. The highest BCUT2D eigenvalue weighted by atomic mass is 127. The van der Waals surface area contributed by atoms with Crippen molar-refractivity contribution in [1.29, 1.82) is 0 Å². The molecule has 5 nitrogen and oxygen atoms in total. The lowest BCUT2D eigenvalue weighted by molar-refractivity contribution is -0.121. The number of nitrogens with zero attached hydrogens (tertiary/aromatic N) is 2. The van der Waals surface area contributed by atoms with Gasteiger partial charge in [0, 0.05) is 49.7 Å². The van der Waals surface area contributed by atoms with Gasteiger partial charge in [-0.15, -0.1) is 24.0 Å². The molecule has 2 N–H and O–H groups in total. The van der Waals surface area contributed by atoms with Gasteiger partial charge in [0.25, 0.3) is 0 Å². The quantitative estimate of drug-likeness (QED) is 0.234. The lowest BCUT2D eigenvalue weighted by Gasteiger charge is -2.34. The predicted octanol–water partition coefficient (Wildman–Crippen LogP) is 4.36. The third-order valence-corrected chi connectivity index (χ3v) is 5.47. The molecule has 1 aliphatic heterocycles. The van der Waals surface area contributed by atoms with Crippen LogP contribution in [0.25, 0.3) is 0 Å². The molecular formula is C20H31Cl2IN4O. The number of carbonyl (C=O) groups excluding carboxylic acids is 1. The van der Waals surface area contributed by atoms with Crippen molar-refractivity contribution < 1.29 is 4.79 Å². The molecule has 0 atom stereocenters. The van der Waals surface area contributed by atoms with E-state index >= 15 is 0 Å². The van der Waals surface area contributed by atoms with Gasteiger partial charge in [0.2, 0.25) is 5.91 Å². The molecule has 0 aliphatic carbocycles. The second kappa shape index (κ2) is 13.5. The van der Waals surface area contributed by atoms with Crippen LogP contribution < -0.4 is 10.6 Å². The maximum Gasteiger partial charge on any atom is 0.220 e. The number of aryl methyl sites for hydroxylation is 1. The number of aliphatic imine (C=N–C) groups is 1. The number of carbonyl (C=O) groups is 1. The minimum absolute atomic E-state index is 0. The Kier molecular flexibility index (Phi) is 12.2. The van der Waals surface area contributed by atoms with Crippen LogP contribution in [0.15, 0.2) is 23.2 Å². The minimum Gasteiger partial charge on any atom is -0.359 e. The van der Waals surface area contributed by atoms with Crippen LogP contribution in [0.5, 0.6) is 0 Å². The van der Waals surface area contributed by atoms with E-state index in [1.165, 1.54) is 0 Å². The normalized spacial score (nSPS) is 15.1. The van der Waals surface area contributed by atoms with Gasteiger partial charge in [0.15, 0.2) is 5.96 Å². The van der Waals surface area contributed by atoms with E-state index in [1.807, 2.05) is 12.1 Å². The summed E-state index contributed by atoms with van der Waals surface area (Å²) in [6.45, 7) is 5.56. The van der Waals surface area contributed by atoms with Gasteiger partial charge < -0.3 is 15.5 Å². The molecule has 0 radical (unpaired) electrons. The predicted molar refractivity (Wildman–Crippen MR) is 129 cm³/mol. The highest BCUT2D eigenvalue weighted by Gasteiger charge is 2.22. The number of amides is 1. The number of likely N-dealkylation sites (tertiary alicyclic amines) is 1. The Labute approximate surface area is 195 Å². The summed E-state index contributed by atoms with van der Waals surface area (Å²) in [5.41, 5.74) is 1.11. The van der Waals surface area contributed by atoms with Gasteiger partial charge in [-0.3, -0.25) is 9.79 Å². The van der Waals surface area contributed by atoms with Crippen molar-refractivity contribution in [2.24, 2.45) is 10.9 Å². The number of hydrogen-bond donors (Lipinski definition) is 2. The van der Waals surface area contributed by atoms with E-state index in [0.717, 1.165) is 68.4 Å². The van der Waals surface area contributed by atoms with E-state index in [4.69, 9.17) is 28.2 Å². The molecule has 2 rings (SSSR count). The molecule has 1 aromatic rings. The van der Waals surface area contributed by atoms with Gasteiger partial charge in [-0.05, 0) is 56.2 Å². The third-order valence-electron chi connectivity index (χ3n) is 4.88. The fraction of sp³-hybridized carbons (Fsp3) is 0.600. The first-order chi connectivity index (χ1) is 13.0. The lowest BCUT2D eigenvalue weighted by Crippen LogP contribution is -2.46. The van der Waals surface area contributed by atoms with E-state index < -0.39 is 0 Å². The van der Waals surface area contributed by atoms with Crippen LogP contribution in [-0.4, -0.2) is 50.0 Å². The zero-order valence-corrected chi connectivity index (χ0v) is 20.5. The summed E-state index contributed by atoms with van der Waals surface area (Å²) in [5, 5.41) is 7.49. The van der Waals surface area contributed by atoms with Crippen molar-refractivity contribution in [3.63, 3.8) is 0 Å². The first kappa shape index (κ1) is 25.3. The first-order valence-corrected chi connectivity index (χ1v) is 10.5. The Morgan fingerprint density at radius 2 is 2.00 bits per heavy atom. The number of hydrogen-bond acceptors (Lipinski definition) is 2. The molecule has 1 saturated heterocycles. The second-order valence-corrected chi connectivity index (χ2v) is 7.73. The molecule has 1 aromatic carbocycles. The van der Waals surface area contributed by atoms with Crippen molar-refractivity contribution >= 4 is 59.0 Å². The van der Waals surface area contributed by atoms with Crippen molar-refractivity contribution in [3.8, 4) is 0 Å². The first-order valence-electron chi connectivity index (χ1n) is 9.71. The van der Waals surface area contributed by atoms with E-state index in [9.17, 15) is 4.79 Å². The number of guanidine groups is 1. The highest BCUT2D eigenvalue weighted by Crippen LogP contribution is 2.22. The average Bonchev–Trinajstić information content (AvgIpc) is 2.66. The van der Waals surface area contributed by atoms with Gasteiger partial charge in [0.1, 0.15) is 0 Å². The van der Waals surface area contributed by atoms with E-state index in [1.54, 1.807) is 13.1 Å². The Morgan fingerprint density at radius 3 is 2.61 bits per heavy atom. The number of benzene rings is 1. The summed E-state index contributed by atoms with van der Waals surface area (Å²) in [6, 6.07) is 5.64. The van der Waals surface area contributed by atoms with Crippen molar-refractivity contribution in [2.45, 2.75) is 39.0 Å². The van der Waals surface area contributed by atoms with Crippen molar-refractivity contribution in [2.75, 3.05) is 33.2 Å². The summed E-state index contributed by atoms with van der Waals surface area (Å²) in [7, 11) is 1.70. The number of nitrogens with one attached hydrogen (secondary N) is 2. The summed E-state index contributed by atoms with van der Waals surface area (Å²) in [4.78, 5) is 18.6. The topological polar surface area (TPSA) is 56.7 Å². The molecule has 1 aliphatic rings. The van der Waals surface area contributed by atoms with E-state index in [0.29, 0.717) is 17.4 Å². The molecule has 0 saturated carbocycles. The maximum absolute atomic E-state index is 11.6. The number of rotatable bonds is 7. The van der Waals surface area contributed by atoms with Gasteiger partial charge >= 0.3 is 0 Å². The largest absolute Gasteiger partial charge is 0.359 e.